The van der Waals surface area contributed by atoms with Crippen LogP contribution in [-0.4, -0.2) is 68.5 Å². The number of phosphoric ester groups is 1. The van der Waals surface area contributed by atoms with E-state index >= 15 is 0 Å². The molecule has 0 aliphatic carbocycles. The van der Waals surface area contributed by atoms with E-state index in [0.29, 0.717) is 17.4 Å². The molecule has 8 nitrogen and oxygen atoms in total. The Morgan fingerprint density at radius 1 is 0.486 bits per heavy atom. The summed E-state index contributed by atoms with van der Waals surface area (Å²) < 4.78 is 23.3. The zero-order chi connectivity index (χ0) is 51.3. The molecule has 0 rings (SSSR count). The van der Waals surface area contributed by atoms with Crippen LogP contribution in [0.4, 0.5) is 0 Å². The third-order valence-electron chi connectivity index (χ3n) is 14.2. The molecule has 0 radical (unpaired) electrons. The number of hydrogen-bond acceptors (Lipinski definition) is 6. The first-order valence-corrected chi connectivity index (χ1v) is 32.2. The van der Waals surface area contributed by atoms with Crippen LogP contribution in [0.3, 0.4) is 0 Å². The highest BCUT2D eigenvalue weighted by atomic mass is 31.2. The molecule has 2 N–H and O–H groups in total. The van der Waals surface area contributed by atoms with Gasteiger partial charge in [-0.2, -0.15) is 0 Å². The highest BCUT2D eigenvalue weighted by Gasteiger charge is 2.23. The molecule has 0 heterocycles. The Bertz CT molecular complexity index is 1190. The fourth-order valence-electron chi connectivity index (χ4n) is 9.35. The van der Waals surface area contributed by atoms with Crippen LogP contribution in [0.25, 0.3) is 0 Å². The first-order chi connectivity index (χ1) is 34.0. The lowest BCUT2D eigenvalue weighted by Crippen LogP contribution is -2.45. The van der Waals surface area contributed by atoms with Gasteiger partial charge < -0.3 is 28.8 Å². The lowest BCUT2D eigenvalue weighted by atomic mass is 10.0. The molecule has 0 aromatic carbocycles. The molecule has 70 heavy (non-hydrogen) atoms. The number of quaternary nitrogens is 1. The molecule has 0 aromatic rings. The zero-order valence-corrected chi connectivity index (χ0v) is 48.4. The summed E-state index contributed by atoms with van der Waals surface area (Å²) in [5.74, 6) is -0.200. The van der Waals surface area contributed by atoms with E-state index < -0.39 is 20.0 Å². The van der Waals surface area contributed by atoms with E-state index in [1.54, 1.807) is 6.08 Å². The number of hydrogen-bond donors (Lipinski definition) is 2. The molecule has 9 heteroatoms. The number of allylic oxidation sites excluding steroid dienone is 3. The molecule has 1 amide bonds. The van der Waals surface area contributed by atoms with Crippen molar-refractivity contribution >= 4 is 13.7 Å². The van der Waals surface area contributed by atoms with Crippen LogP contribution in [0.2, 0.25) is 0 Å². The van der Waals surface area contributed by atoms with E-state index in [2.05, 4.69) is 31.3 Å². The number of nitrogens with zero attached hydrogens (tertiary/aromatic N) is 1. The second-order valence-electron chi connectivity index (χ2n) is 22.4. The van der Waals surface area contributed by atoms with Gasteiger partial charge in [0.25, 0.3) is 7.82 Å². The van der Waals surface area contributed by atoms with Crippen molar-refractivity contribution in [3.8, 4) is 0 Å². The number of amides is 1. The van der Waals surface area contributed by atoms with Gasteiger partial charge in [0, 0.05) is 6.42 Å². The molecule has 416 valence electrons. The Hall–Kier alpha value is -1.02. The van der Waals surface area contributed by atoms with E-state index in [9.17, 15) is 19.4 Å². The predicted octanol–water partition coefficient (Wildman–Crippen LogP) is 18.1. The average Bonchev–Trinajstić information content (AvgIpc) is 3.32. The maximum Gasteiger partial charge on any atom is 0.268 e. The van der Waals surface area contributed by atoms with Gasteiger partial charge in [0.1, 0.15) is 13.2 Å². The number of carbonyl (C=O) groups excluding carboxylic acids is 1. The van der Waals surface area contributed by atoms with E-state index in [1.807, 2.05) is 27.2 Å². The van der Waals surface area contributed by atoms with Gasteiger partial charge in [-0.25, -0.2) is 0 Å². The SMILES string of the molecule is CCCCCCCCCCCCC/C=C/CC/C=C/C(O)C(COP(=O)([O-])OCC[N+](C)(C)C)NC(=O)CCCCCCCCCCCCCCCCCCCCCCCCCCCCCCCCC. The third-order valence-corrected chi connectivity index (χ3v) is 15.1. The second kappa shape index (κ2) is 52.8. The van der Waals surface area contributed by atoms with Crippen molar-refractivity contribution in [3.63, 3.8) is 0 Å². The minimum atomic E-state index is -4.60. The normalized spacial score (nSPS) is 14.0. The first-order valence-electron chi connectivity index (χ1n) is 30.7. The van der Waals surface area contributed by atoms with Crippen molar-refractivity contribution in [2.24, 2.45) is 0 Å². The van der Waals surface area contributed by atoms with Crippen LogP contribution in [0, 0.1) is 0 Å². The van der Waals surface area contributed by atoms with Gasteiger partial charge in [0.05, 0.1) is 39.9 Å². The van der Waals surface area contributed by atoms with Crippen molar-refractivity contribution in [2.45, 2.75) is 321 Å². The smallest absolute Gasteiger partial charge is 0.268 e. The van der Waals surface area contributed by atoms with E-state index in [-0.39, 0.29) is 19.1 Å². The molecule has 0 saturated heterocycles. The van der Waals surface area contributed by atoms with E-state index in [0.717, 1.165) is 38.5 Å². The Morgan fingerprint density at radius 2 is 0.800 bits per heavy atom. The Labute approximate surface area is 436 Å². The topological polar surface area (TPSA) is 108 Å². The summed E-state index contributed by atoms with van der Waals surface area (Å²) in [5.41, 5.74) is 0. The third kappa shape index (κ3) is 54.7. The predicted molar refractivity (Wildman–Crippen MR) is 302 cm³/mol. The van der Waals surface area contributed by atoms with Gasteiger partial charge in [0.2, 0.25) is 5.91 Å². The van der Waals surface area contributed by atoms with Crippen molar-refractivity contribution in [1.29, 1.82) is 0 Å². The zero-order valence-electron chi connectivity index (χ0n) is 47.5. The maximum absolute atomic E-state index is 13.0. The van der Waals surface area contributed by atoms with Gasteiger partial charge in [0.15, 0.2) is 0 Å². The second-order valence-corrected chi connectivity index (χ2v) is 23.8. The van der Waals surface area contributed by atoms with E-state index in [4.69, 9.17) is 9.05 Å². The Morgan fingerprint density at radius 3 is 1.16 bits per heavy atom. The monoisotopic (exact) mass is 1010 g/mol. The van der Waals surface area contributed by atoms with Crippen molar-refractivity contribution in [2.75, 3.05) is 40.9 Å². The quantitative estimate of drug-likeness (QED) is 0.0272. The van der Waals surface area contributed by atoms with Gasteiger partial charge in [-0.1, -0.05) is 295 Å². The lowest BCUT2D eigenvalue weighted by molar-refractivity contribution is -0.870. The summed E-state index contributed by atoms with van der Waals surface area (Å²) in [5, 5.41) is 13.9. The molecular weight excluding hydrogens is 888 g/mol. The van der Waals surface area contributed by atoms with Crippen molar-refractivity contribution in [3.05, 3.63) is 24.3 Å². The summed E-state index contributed by atoms with van der Waals surface area (Å²) in [6.45, 7) is 4.67. The molecule has 0 aromatic heterocycles. The highest BCUT2D eigenvalue weighted by Crippen LogP contribution is 2.38. The number of nitrogens with one attached hydrogen (secondary N) is 1. The van der Waals surface area contributed by atoms with Crippen molar-refractivity contribution in [1.82, 2.24) is 5.32 Å². The average molecular weight is 1010 g/mol. The standard InChI is InChI=1S/C61H121N2O6P/c1-6-8-10-12-14-16-18-20-22-24-25-26-27-28-29-30-31-32-33-34-35-36-37-39-41-43-45-47-49-51-53-55-61(65)62-59(58-69-70(66,67)68-57-56-63(3,4)5)60(64)54-52-50-48-46-44-42-40-38-23-21-19-17-15-13-11-9-7-2/h44,46,52,54,59-60,64H,6-43,45,47-51,53,55-58H2,1-5H3,(H-,62,65,66,67)/b46-44+,54-52+. The van der Waals surface area contributed by atoms with Crippen LogP contribution in [0.5, 0.6) is 0 Å². The molecule has 0 bridgehead atoms. The summed E-state index contributed by atoms with van der Waals surface area (Å²) in [6.07, 6.45) is 67.1. The Balaban J connectivity index is 4.06. The molecule has 0 fully saturated rings. The van der Waals surface area contributed by atoms with Crippen LogP contribution in [0.15, 0.2) is 24.3 Å². The number of likely N-dealkylation sites (N-methyl/N-ethyl adjacent to an activating group) is 1. The number of carbonyl (C=O) groups is 1. The van der Waals surface area contributed by atoms with Gasteiger partial charge in [-0.15, -0.1) is 0 Å². The summed E-state index contributed by atoms with van der Waals surface area (Å²) in [4.78, 5) is 25.5. The number of aliphatic hydroxyl groups excluding tert-OH is 1. The molecular formula is C61H121N2O6P. The molecule has 0 saturated carbocycles. The number of phosphoric acid groups is 1. The van der Waals surface area contributed by atoms with E-state index in [1.165, 1.54) is 250 Å². The molecule has 0 spiro atoms. The minimum absolute atomic E-state index is 0.00374. The fourth-order valence-corrected chi connectivity index (χ4v) is 10.1. The van der Waals surface area contributed by atoms with Crippen LogP contribution < -0.4 is 10.2 Å². The highest BCUT2D eigenvalue weighted by molar-refractivity contribution is 7.45. The van der Waals surface area contributed by atoms with Crippen molar-refractivity contribution < 1.29 is 32.9 Å². The summed E-state index contributed by atoms with van der Waals surface area (Å²) in [7, 11) is 1.26. The summed E-state index contributed by atoms with van der Waals surface area (Å²) in [6, 6.07) is -0.900. The maximum atomic E-state index is 13.0. The molecule has 3 unspecified atom stereocenters. The van der Waals surface area contributed by atoms with Crippen LogP contribution in [-0.2, 0) is 18.4 Å². The molecule has 3 atom stereocenters. The lowest BCUT2D eigenvalue weighted by Gasteiger charge is -2.29. The minimum Gasteiger partial charge on any atom is -0.756 e. The number of rotatable bonds is 57. The number of unbranched alkanes of at least 4 members (excludes halogenated alkanes) is 42. The van der Waals surface area contributed by atoms with Crippen LogP contribution >= 0.6 is 7.82 Å². The Kier molecular flexibility index (Phi) is 52.1. The fraction of sp³-hybridized carbons (Fsp3) is 0.918. The van der Waals surface area contributed by atoms with Gasteiger partial charge >= 0.3 is 0 Å². The largest absolute Gasteiger partial charge is 0.756 e. The van der Waals surface area contributed by atoms with Gasteiger partial charge in [-0.3, -0.25) is 9.36 Å². The van der Waals surface area contributed by atoms with Gasteiger partial charge in [-0.05, 0) is 32.1 Å². The first kappa shape index (κ1) is 69.0. The molecule has 0 aliphatic heterocycles. The summed E-state index contributed by atoms with van der Waals surface area (Å²) >= 11 is 0. The van der Waals surface area contributed by atoms with Crippen LogP contribution in [0.1, 0.15) is 309 Å². The number of aliphatic hydroxyl groups is 1. The molecule has 0 aliphatic rings.